The van der Waals surface area contributed by atoms with Crippen molar-refractivity contribution in [2.75, 3.05) is 25.1 Å². The first kappa shape index (κ1) is 15.9. The van der Waals surface area contributed by atoms with Crippen molar-refractivity contribution in [2.24, 2.45) is 0 Å². The van der Waals surface area contributed by atoms with Crippen molar-refractivity contribution in [1.82, 2.24) is 4.90 Å². The Labute approximate surface area is 102 Å². The van der Waals surface area contributed by atoms with Gasteiger partial charge in [0.05, 0.1) is 5.75 Å². The van der Waals surface area contributed by atoms with E-state index in [0.29, 0.717) is 12.8 Å². The molecule has 0 bridgehead atoms. The normalized spacial score (nSPS) is 11.2. The summed E-state index contributed by atoms with van der Waals surface area (Å²) in [7, 11) is -1.85. The van der Waals surface area contributed by atoms with Crippen molar-refractivity contribution in [3.05, 3.63) is 0 Å². The lowest BCUT2D eigenvalue weighted by Crippen LogP contribution is -2.34. The van der Waals surface area contributed by atoms with E-state index < -0.39 is 27.5 Å². The number of sulfone groups is 1. The second kappa shape index (κ2) is 7.26. The third-order valence-corrected chi connectivity index (χ3v) is 3.89. The van der Waals surface area contributed by atoms with Gasteiger partial charge in [-0.15, -0.1) is 0 Å². The van der Waals surface area contributed by atoms with Gasteiger partial charge in [-0.25, -0.2) is 8.42 Å². The van der Waals surface area contributed by atoms with Gasteiger partial charge in [0.25, 0.3) is 0 Å². The zero-order valence-electron chi connectivity index (χ0n) is 10.2. The lowest BCUT2D eigenvalue weighted by molar-refractivity contribution is -0.137. The van der Waals surface area contributed by atoms with Crippen LogP contribution in [-0.2, 0) is 19.4 Å². The predicted molar refractivity (Wildman–Crippen MR) is 63.5 cm³/mol. The van der Waals surface area contributed by atoms with Gasteiger partial charge >= 0.3 is 5.97 Å². The van der Waals surface area contributed by atoms with Crippen molar-refractivity contribution < 1.29 is 23.1 Å². The highest BCUT2D eigenvalue weighted by Crippen LogP contribution is 1.99. The monoisotopic (exact) mass is 265 g/mol. The second-order valence-corrected chi connectivity index (χ2v) is 6.09. The molecule has 0 aromatic rings. The van der Waals surface area contributed by atoms with E-state index in [9.17, 15) is 18.0 Å². The second-order valence-electron chi connectivity index (χ2n) is 3.90. The fourth-order valence-corrected chi connectivity index (χ4v) is 2.64. The number of carbonyl (C=O) groups is 2. The van der Waals surface area contributed by atoms with E-state index in [0.717, 1.165) is 0 Å². The van der Waals surface area contributed by atoms with Gasteiger partial charge in [-0.05, 0) is 12.8 Å². The number of hydrogen-bond acceptors (Lipinski definition) is 4. The summed E-state index contributed by atoms with van der Waals surface area (Å²) in [6.45, 7) is 1.99. The maximum absolute atomic E-state index is 11.5. The van der Waals surface area contributed by atoms with Gasteiger partial charge in [-0.3, -0.25) is 9.59 Å². The van der Waals surface area contributed by atoms with Gasteiger partial charge in [0.1, 0.15) is 5.75 Å². The molecule has 0 saturated carbocycles. The van der Waals surface area contributed by atoms with Crippen LogP contribution in [0.2, 0.25) is 0 Å². The Balaban J connectivity index is 4.10. The molecule has 6 nitrogen and oxygen atoms in total. The van der Waals surface area contributed by atoms with Gasteiger partial charge in [0.2, 0.25) is 5.91 Å². The summed E-state index contributed by atoms with van der Waals surface area (Å²) in [6, 6.07) is 0. The Morgan fingerprint density at radius 1 is 1.29 bits per heavy atom. The van der Waals surface area contributed by atoms with E-state index in [1.807, 2.05) is 0 Å². The van der Waals surface area contributed by atoms with E-state index in [4.69, 9.17) is 5.11 Å². The number of amides is 1. The molecule has 1 N–H and O–H groups in total. The number of aliphatic carboxylic acids is 1. The quantitative estimate of drug-likeness (QED) is 0.673. The third-order valence-electron chi connectivity index (χ3n) is 2.17. The van der Waals surface area contributed by atoms with Crippen molar-refractivity contribution >= 4 is 21.7 Å². The van der Waals surface area contributed by atoms with E-state index in [-0.39, 0.29) is 18.7 Å². The highest BCUT2D eigenvalue weighted by atomic mass is 32.2. The largest absolute Gasteiger partial charge is 0.481 e. The van der Waals surface area contributed by atoms with Crippen LogP contribution in [0.1, 0.15) is 26.2 Å². The number of carboxylic acids is 1. The SMILES string of the molecule is CCCS(=O)(=O)CC(=O)N(C)CCCC(=O)O. The molecular weight excluding hydrogens is 246 g/mol. The number of nitrogens with zero attached hydrogens (tertiary/aromatic N) is 1. The van der Waals surface area contributed by atoms with E-state index >= 15 is 0 Å². The fourth-order valence-electron chi connectivity index (χ4n) is 1.27. The fraction of sp³-hybridized carbons (Fsp3) is 0.800. The molecule has 0 rings (SSSR count). The zero-order chi connectivity index (χ0) is 13.5. The summed E-state index contributed by atoms with van der Waals surface area (Å²) < 4.78 is 22.8. The van der Waals surface area contributed by atoms with Crippen molar-refractivity contribution in [2.45, 2.75) is 26.2 Å². The van der Waals surface area contributed by atoms with Gasteiger partial charge in [0, 0.05) is 20.0 Å². The van der Waals surface area contributed by atoms with Gasteiger partial charge in [-0.2, -0.15) is 0 Å². The molecule has 0 aromatic carbocycles. The van der Waals surface area contributed by atoms with Crippen LogP contribution in [0.5, 0.6) is 0 Å². The molecule has 0 aromatic heterocycles. The highest BCUT2D eigenvalue weighted by Gasteiger charge is 2.18. The molecule has 0 unspecified atom stereocenters. The Hall–Kier alpha value is -1.11. The molecule has 0 atom stereocenters. The molecule has 1 amide bonds. The first-order valence-corrected chi connectivity index (χ1v) is 7.27. The van der Waals surface area contributed by atoms with Gasteiger partial charge in [0.15, 0.2) is 9.84 Å². The minimum Gasteiger partial charge on any atom is -0.481 e. The Morgan fingerprint density at radius 2 is 1.88 bits per heavy atom. The van der Waals surface area contributed by atoms with Gasteiger partial charge < -0.3 is 10.0 Å². The smallest absolute Gasteiger partial charge is 0.303 e. The van der Waals surface area contributed by atoms with Crippen molar-refractivity contribution in [1.29, 1.82) is 0 Å². The molecule has 0 heterocycles. The average molecular weight is 265 g/mol. The van der Waals surface area contributed by atoms with Crippen LogP contribution in [0.25, 0.3) is 0 Å². The molecule has 17 heavy (non-hydrogen) atoms. The molecule has 0 fully saturated rings. The molecule has 0 aliphatic heterocycles. The summed E-state index contributed by atoms with van der Waals surface area (Å²) in [5.74, 6) is -1.90. The maximum Gasteiger partial charge on any atom is 0.303 e. The Kier molecular flexibility index (Phi) is 6.79. The number of rotatable bonds is 8. The molecular formula is C10H19NO5S. The minimum atomic E-state index is -3.32. The summed E-state index contributed by atoms with van der Waals surface area (Å²) in [5, 5.41) is 8.42. The lowest BCUT2D eigenvalue weighted by atomic mass is 10.3. The third kappa shape index (κ3) is 7.73. The van der Waals surface area contributed by atoms with Gasteiger partial charge in [-0.1, -0.05) is 6.92 Å². The van der Waals surface area contributed by atoms with Crippen LogP contribution in [-0.4, -0.2) is 55.4 Å². The Morgan fingerprint density at radius 3 is 2.35 bits per heavy atom. The Bertz CT molecular complexity index is 363. The van der Waals surface area contributed by atoms with Crippen LogP contribution in [0.15, 0.2) is 0 Å². The van der Waals surface area contributed by atoms with E-state index in [1.54, 1.807) is 6.92 Å². The van der Waals surface area contributed by atoms with Crippen LogP contribution in [0.4, 0.5) is 0 Å². The maximum atomic E-state index is 11.5. The molecule has 0 aliphatic carbocycles. The summed E-state index contributed by atoms with van der Waals surface area (Å²) in [6.07, 6.45) is 0.781. The first-order valence-electron chi connectivity index (χ1n) is 5.44. The predicted octanol–water partition coefficient (Wildman–Crippen LogP) is 0.134. The topological polar surface area (TPSA) is 91.8 Å². The summed E-state index contributed by atoms with van der Waals surface area (Å²) >= 11 is 0. The van der Waals surface area contributed by atoms with E-state index in [2.05, 4.69) is 0 Å². The van der Waals surface area contributed by atoms with Crippen LogP contribution >= 0.6 is 0 Å². The van der Waals surface area contributed by atoms with Crippen molar-refractivity contribution in [3.63, 3.8) is 0 Å². The molecule has 100 valence electrons. The minimum absolute atomic E-state index is 0.00169. The number of carboxylic acid groups (broad SMARTS) is 1. The number of carbonyl (C=O) groups excluding carboxylic acids is 1. The molecule has 0 radical (unpaired) electrons. The first-order chi connectivity index (χ1) is 7.78. The van der Waals surface area contributed by atoms with Crippen molar-refractivity contribution in [3.8, 4) is 0 Å². The highest BCUT2D eigenvalue weighted by molar-refractivity contribution is 7.92. The number of hydrogen-bond donors (Lipinski definition) is 1. The molecule has 7 heteroatoms. The molecule has 0 spiro atoms. The van der Waals surface area contributed by atoms with Crippen LogP contribution < -0.4 is 0 Å². The van der Waals surface area contributed by atoms with Crippen LogP contribution in [0.3, 0.4) is 0 Å². The van der Waals surface area contributed by atoms with Crippen LogP contribution in [0, 0.1) is 0 Å². The summed E-state index contributed by atoms with van der Waals surface area (Å²) in [4.78, 5) is 23.0. The molecule has 0 saturated heterocycles. The zero-order valence-corrected chi connectivity index (χ0v) is 11.0. The standard InChI is InChI=1S/C10H19NO5S/c1-3-7-17(15,16)8-9(12)11(2)6-4-5-10(13)14/h3-8H2,1-2H3,(H,13,14). The summed E-state index contributed by atoms with van der Waals surface area (Å²) in [5.41, 5.74) is 0. The molecule has 0 aliphatic rings. The lowest BCUT2D eigenvalue weighted by Gasteiger charge is -2.16. The van der Waals surface area contributed by atoms with E-state index in [1.165, 1.54) is 11.9 Å². The average Bonchev–Trinajstić information content (AvgIpc) is 2.15.